The first kappa shape index (κ1) is 14.4. The van der Waals surface area contributed by atoms with Gasteiger partial charge in [-0.15, -0.1) is 12.4 Å². The molecule has 3 N–H and O–H groups in total. The molecule has 0 spiro atoms. The molecule has 0 radical (unpaired) electrons. The summed E-state index contributed by atoms with van der Waals surface area (Å²) < 4.78 is 18.5. The van der Waals surface area contributed by atoms with Crippen molar-refractivity contribution in [1.29, 1.82) is 0 Å². The number of nitrogens with zero attached hydrogens (tertiary/aromatic N) is 2. The van der Waals surface area contributed by atoms with Gasteiger partial charge in [0, 0.05) is 18.5 Å². The van der Waals surface area contributed by atoms with Crippen molar-refractivity contribution >= 4 is 29.7 Å². The third kappa shape index (κ3) is 3.19. The Morgan fingerprint density at radius 3 is 2.56 bits per heavy atom. The second-order valence-electron chi connectivity index (χ2n) is 3.04. The van der Waals surface area contributed by atoms with Gasteiger partial charge in [0.05, 0.1) is 10.7 Å². The molecule has 0 amide bonds. The van der Waals surface area contributed by atoms with Gasteiger partial charge < -0.3 is 10.2 Å². The van der Waals surface area contributed by atoms with E-state index in [-0.39, 0.29) is 34.9 Å². The lowest BCUT2D eigenvalue weighted by atomic mass is 10.3. The average Bonchev–Trinajstić information content (AvgIpc) is 2.34. The average molecular weight is 291 g/mol. The summed E-state index contributed by atoms with van der Waals surface area (Å²) in [6, 6.07) is 4.18. The molecule has 0 aliphatic rings. The van der Waals surface area contributed by atoms with Crippen LogP contribution in [0.15, 0.2) is 30.6 Å². The van der Waals surface area contributed by atoms with Crippen LogP contribution in [-0.4, -0.2) is 9.97 Å². The van der Waals surface area contributed by atoms with E-state index >= 15 is 0 Å². The van der Waals surface area contributed by atoms with Crippen LogP contribution in [0.2, 0.25) is 5.02 Å². The Kier molecular flexibility index (Phi) is 5.08. The van der Waals surface area contributed by atoms with Gasteiger partial charge in [0.2, 0.25) is 0 Å². The third-order valence-corrected chi connectivity index (χ3v) is 2.22. The Morgan fingerprint density at radius 1 is 1.28 bits per heavy atom. The smallest absolute Gasteiger partial charge is 0.321 e. The number of halogens is 3. The molecule has 2 aromatic rings. The highest BCUT2D eigenvalue weighted by Gasteiger charge is 2.10. The standard InChI is InChI=1S/C10H8ClFN4O.ClH/c11-6-4-7(12)8(16-13)5-9(6)17-10-14-2-1-3-15-10;/h1-5,16H,13H2;1H. The number of hydrogen-bond donors (Lipinski definition) is 2. The van der Waals surface area contributed by atoms with E-state index in [1.54, 1.807) is 6.07 Å². The van der Waals surface area contributed by atoms with Crippen molar-refractivity contribution in [2.75, 3.05) is 5.43 Å². The minimum Gasteiger partial charge on any atom is -0.423 e. The monoisotopic (exact) mass is 290 g/mol. The van der Waals surface area contributed by atoms with Gasteiger partial charge >= 0.3 is 6.01 Å². The number of rotatable bonds is 3. The van der Waals surface area contributed by atoms with Gasteiger partial charge in [-0.25, -0.2) is 14.4 Å². The lowest BCUT2D eigenvalue weighted by Crippen LogP contribution is -2.08. The number of nitrogen functional groups attached to an aromatic ring is 1. The lowest BCUT2D eigenvalue weighted by molar-refractivity contribution is 0.441. The van der Waals surface area contributed by atoms with Gasteiger partial charge in [-0.3, -0.25) is 5.84 Å². The zero-order chi connectivity index (χ0) is 12.3. The van der Waals surface area contributed by atoms with Gasteiger partial charge in [0.1, 0.15) is 5.82 Å². The van der Waals surface area contributed by atoms with Crippen LogP contribution < -0.4 is 16.0 Å². The van der Waals surface area contributed by atoms with Crippen LogP contribution >= 0.6 is 24.0 Å². The first-order valence-corrected chi connectivity index (χ1v) is 4.99. The van der Waals surface area contributed by atoms with Crippen molar-refractivity contribution in [3.8, 4) is 11.8 Å². The Labute approximate surface area is 114 Å². The molecule has 0 aliphatic carbocycles. The number of benzene rings is 1. The highest BCUT2D eigenvalue weighted by Crippen LogP contribution is 2.32. The van der Waals surface area contributed by atoms with Gasteiger partial charge in [0.25, 0.3) is 0 Å². The summed E-state index contributed by atoms with van der Waals surface area (Å²) in [5.74, 6) is 4.79. The quantitative estimate of drug-likeness (QED) is 0.672. The Bertz CT molecular complexity index is 527. The molecule has 0 saturated heterocycles. The number of aromatic nitrogens is 2. The molecule has 0 saturated carbocycles. The fraction of sp³-hybridized carbons (Fsp3) is 0. The summed E-state index contributed by atoms with van der Waals surface area (Å²) in [4.78, 5) is 7.71. The molecule has 0 unspecified atom stereocenters. The van der Waals surface area contributed by atoms with Crippen LogP contribution in [0.4, 0.5) is 10.1 Å². The van der Waals surface area contributed by atoms with E-state index in [1.807, 2.05) is 0 Å². The summed E-state index contributed by atoms with van der Waals surface area (Å²) in [5, 5.41) is 0.106. The zero-order valence-electron chi connectivity index (χ0n) is 8.93. The van der Waals surface area contributed by atoms with Crippen molar-refractivity contribution in [1.82, 2.24) is 9.97 Å². The van der Waals surface area contributed by atoms with Gasteiger partial charge in [-0.1, -0.05) is 11.6 Å². The lowest BCUT2D eigenvalue weighted by Gasteiger charge is -2.08. The number of hydrogen-bond acceptors (Lipinski definition) is 5. The maximum Gasteiger partial charge on any atom is 0.321 e. The molecule has 0 bridgehead atoms. The fourth-order valence-electron chi connectivity index (χ4n) is 1.15. The Balaban J connectivity index is 0.00000162. The van der Waals surface area contributed by atoms with E-state index < -0.39 is 5.82 Å². The van der Waals surface area contributed by atoms with Crippen LogP contribution in [0, 0.1) is 5.82 Å². The maximum atomic E-state index is 13.3. The first-order valence-electron chi connectivity index (χ1n) is 4.61. The number of ether oxygens (including phenoxy) is 1. The highest BCUT2D eigenvalue weighted by molar-refractivity contribution is 6.32. The van der Waals surface area contributed by atoms with Crippen LogP contribution in [0.25, 0.3) is 0 Å². The highest BCUT2D eigenvalue weighted by atomic mass is 35.5. The minimum atomic E-state index is -0.571. The van der Waals surface area contributed by atoms with E-state index in [4.69, 9.17) is 22.2 Å². The molecule has 0 fully saturated rings. The largest absolute Gasteiger partial charge is 0.423 e. The van der Waals surface area contributed by atoms with Gasteiger partial charge in [-0.2, -0.15) is 0 Å². The van der Waals surface area contributed by atoms with Gasteiger partial charge in [-0.05, 0) is 12.1 Å². The number of nitrogens with one attached hydrogen (secondary N) is 1. The molecule has 1 aromatic carbocycles. The van der Waals surface area contributed by atoms with E-state index in [0.29, 0.717) is 0 Å². The van der Waals surface area contributed by atoms with Crippen LogP contribution in [0.5, 0.6) is 11.8 Å². The Hall–Kier alpha value is -1.63. The molecule has 0 atom stereocenters. The summed E-state index contributed by atoms with van der Waals surface area (Å²) in [7, 11) is 0. The number of nitrogens with two attached hydrogens (primary N) is 1. The number of hydrazine groups is 1. The van der Waals surface area contributed by atoms with Crippen LogP contribution in [0.3, 0.4) is 0 Å². The molecule has 18 heavy (non-hydrogen) atoms. The van der Waals surface area contributed by atoms with Crippen molar-refractivity contribution in [3.05, 3.63) is 41.4 Å². The summed E-state index contributed by atoms with van der Waals surface area (Å²) in [6.45, 7) is 0. The van der Waals surface area contributed by atoms with E-state index in [0.717, 1.165) is 6.07 Å². The fourth-order valence-corrected chi connectivity index (χ4v) is 1.34. The molecular formula is C10H9Cl2FN4O. The summed E-state index contributed by atoms with van der Waals surface area (Å²) in [6.07, 6.45) is 3.03. The van der Waals surface area contributed by atoms with Gasteiger partial charge in [0.15, 0.2) is 5.75 Å². The van der Waals surface area contributed by atoms with Crippen molar-refractivity contribution < 1.29 is 9.13 Å². The molecule has 0 aliphatic heterocycles. The molecule has 1 heterocycles. The summed E-state index contributed by atoms with van der Waals surface area (Å²) in [5.41, 5.74) is 2.26. The Morgan fingerprint density at radius 2 is 1.94 bits per heavy atom. The maximum absolute atomic E-state index is 13.3. The van der Waals surface area contributed by atoms with E-state index in [1.165, 1.54) is 18.5 Å². The normalized spacial score (nSPS) is 9.50. The topological polar surface area (TPSA) is 73.1 Å². The third-order valence-electron chi connectivity index (χ3n) is 1.92. The van der Waals surface area contributed by atoms with Crippen molar-refractivity contribution in [3.63, 3.8) is 0 Å². The molecule has 96 valence electrons. The SMILES string of the molecule is Cl.NNc1cc(Oc2ncccn2)c(Cl)cc1F. The molecular weight excluding hydrogens is 282 g/mol. The second kappa shape index (κ2) is 6.34. The van der Waals surface area contributed by atoms with Crippen molar-refractivity contribution in [2.45, 2.75) is 0 Å². The van der Waals surface area contributed by atoms with Crippen molar-refractivity contribution in [2.24, 2.45) is 5.84 Å². The number of anilines is 1. The predicted octanol–water partition coefficient (Wildman–Crippen LogP) is 2.77. The second-order valence-corrected chi connectivity index (χ2v) is 3.45. The van der Waals surface area contributed by atoms with E-state index in [2.05, 4.69) is 15.4 Å². The first-order chi connectivity index (χ1) is 8.20. The minimum absolute atomic E-state index is 0. The molecule has 1 aromatic heterocycles. The van der Waals surface area contributed by atoms with Crippen LogP contribution in [0.1, 0.15) is 0 Å². The predicted molar refractivity (Wildman–Crippen MR) is 68.6 cm³/mol. The molecule has 2 rings (SSSR count). The van der Waals surface area contributed by atoms with E-state index in [9.17, 15) is 4.39 Å². The zero-order valence-corrected chi connectivity index (χ0v) is 10.5. The van der Waals surface area contributed by atoms with Crippen LogP contribution in [-0.2, 0) is 0 Å². The summed E-state index contributed by atoms with van der Waals surface area (Å²) >= 11 is 5.82. The molecule has 8 heteroatoms. The molecule has 5 nitrogen and oxygen atoms in total.